The van der Waals surface area contributed by atoms with Gasteiger partial charge in [0.2, 0.25) is 5.88 Å². The van der Waals surface area contributed by atoms with Crippen LogP contribution in [0.1, 0.15) is 5.69 Å². The standard InChI is InChI=1S/C11H18N2O2/c1-12-10(8-14-2)7-9-5-4-6-11(13-9)15-3/h4-6,10,12H,7-8H2,1-3H3. The van der Waals surface area contributed by atoms with Crippen LogP contribution in [0.3, 0.4) is 0 Å². The van der Waals surface area contributed by atoms with Crippen molar-refractivity contribution in [1.82, 2.24) is 10.3 Å². The number of nitrogens with one attached hydrogen (secondary N) is 1. The van der Waals surface area contributed by atoms with E-state index in [0.717, 1.165) is 12.1 Å². The van der Waals surface area contributed by atoms with Crippen molar-refractivity contribution in [2.45, 2.75) is 12.5 Å². The Morgan fingerprint density at radius 2 is 2.20 bits per heavy atom. The highest BCUT2D eigenvalue weighted by molar-refractivity contribution is 5.16. The lowest BCUT2D eigenvalue weighted by Gasteiger charge is -2.14. The van der Waals surface area contributed by atoms with Crippen LogP contribution in [-0.2, 0) is 11.2 Å². The number of aromatic nitrogens is 1. The maximum absolute atomic E-state index is 5.10. The molecule has 1 unspecified atom stereocenters. The zero-order valence-corrected chi connectivity index (χ0v) is 9.49. The fourth-order valence-corrected chi connectivity index (χ4v) is 1.38. The Balaban J connectivity index is 2.61. The molecule has 0 bridgehead atoms. The third kappa shape index (κ3) is 3.85. The van der Waals surface area contributed by atoms with E-state index in [1.807, 2.05) is 25.2 Å². The minimum absolute atomic E-state index is 0.287. The molecule has 0 radical (unpaired) electrons. The number of hydrogen-bond donors (Lipinski definition) is 1. The highest BCUT2D eigenvalue weighted by Gasteiger charge is 2.08. The van der Waals surface area contributed by atoms with Crippen LogP contribution < -0.4 is 10.1 Å². The van der Waals surface area contributed by atoms with E-state index in [2.05, 4.69) is 10.3 Å². The van der Waals surface area contributed by atoms with Gasteiger partial charge in [0, 0.05) is 31.3 Å². The van der Waals surface area contributed by atoms with Crippen molar-refractivity contribution >= 4 is 0 Å². The van der Waals surface area contributed by atoms with Gasteiger partial charge in [0.25, 0.3) is 0 Å². The van der Waals surface area contributed by atoms with Gasteiger partial charge in [0.05, 0.1) is 13.7 Å². The zero-order valence-electron chi connectivity index (χ0n) is 9.49. The van der Waals surface area contributed by atoms with Crippen molar-refractivity contribution in [3.8, 4) is 5.88 Å². The Kier molecular flexibility index (Phi) is 5.07. The Hall–Kier alpha value is -1.13. The monoisotopic (exact) mass is 210 g/mol. The lowest BCUT2D eigenvalue weighted by Crippen LogP contribution is -2.32. The minimum Gasteiger partial charge on any atom is -0.481 e. The quantitative estimate of drug-likeness (QED) is 0.756. The number of nitrogens with zero attached hydrogens (tertiary/aromatic N) is 1. The van der Waals surface area contributed by atoms with E-state index in [0.29, 0.717) is 12.5 Å². The minimum atomic E-state index is 0.287. The van der Waals surface area contributed by atoms with E-state index < -0.39 is 0 Å². The molecule has 1 aromatic rings. The number of ether oxygens (including phenoxy) is 2. The second kappa shape index (κ2) is 6.37. The van der Waals surface area contributed by atoms with Crippen LogP contribution in [0.25, 0.3) is 0 Å². The van der Waals surface area contributed by atoms with Gasteiger partial charge >= 0.3 is 0 Å². The molecule has 1 heterocycles. The van der Waals surface area contributed by atoms with Crippen molar-refractivity contribution in [3.05, 3.63) is 23.9 Å². The molecule has 1 atom stereocenters. The summed E-state index contributed by atoms with van der Waals surface area (Å²) in [6, 6.07) is 6.06. The van der Waals surface area contributed by atoms with E-state index in [-0.39, 0.29) is 6.04 Å². The SMILES string of the molecule is CNC(COC)Cc1cccc(OC)n1. The molecule has 0 aliphatic carbocycles. The number of methoxy groups -OCH3 is 2. The summed E-state index contributed by atoms with van der Waals surface area (Å²) in [6.45, 7) is 0.676. The van der Waals surface area contributed by atoms with Gasteiger partial charge in [-0.05, 0) is 13.1 Å². The summed E-state index contributed by atoms with van der Waals surface area (Å²) in [5, 5.41) is 3.18. The molecular formula is C11H18N2O2. The van der Waals surface area contributed by atoms with E-state index >= 15 is 0 Å². The average molecular weight is 210 g/mol. The molecule has 84 valence electrons. The predicted molar refractivity (Wildman–Crippen MR) is 59.2 cm³/mol. The maximum Gasteiger partial charge on any atom is 0.213 e. The molecule has 1 N–H and O–H groups in total. The molecule has 4 heteroatoms. The topological polar surface area (TPSA) is 43.4 Å². The molecule has 0 fully saturated rings. The third-order valence-electron chi connectivity index (χ3n) is 2.22. The van der Waals surface area contributed by atoms with Crippen LogP contribution in [0.2, 0.25) is 0 Å². The Bertz CT molecular complexity index is 292. The van der Waals surface area contributed by atoms with Crippen LogP contribution in [0.5, 0.6) is 5.88 Å². The molecule has 15 heavy (non-hydrogen) atoms. The van der Waals surface area contributed by atoms with E-state index in [9.17, 15) is 0 Å². The van der Waals surface area contributed by atoms with Crippen LogP contribution in [0.15, 0.2) is 18.2 Å². The van der Waals surface area contributed by atoms with Gasteiger partial charge in [-0.25, -0.2) is 4.98 Å². The highest BCUT2D eigenvalue weighted by Crippen LogP contribution is 2.08. The summed E-state index contributed by atoms with van der Waals surface area (Å²) in [6.07, 6.45) is 0.835. The first-order valence-electron chi connectivity index (χ1n) is 4.96. The molecule has 0 saturated heterocycles. The third-order valence-corrected chi connectivity index (χ3v) is 2.22. The Morgan fingerprint density at radius 1 is 1.40 bits per heavy atom. The molecule has 0 spiro atoms. The van der Waals surface area contributed by atoms with Gasteiger partial charge in [0.15, 0.2) is 0 Å². The molecule has 1 rings (SSSR count). The maximum atomic E-state index is 5.10. The summed E-state index contributed by atoms with van der Waals surface area (Å²) >= 11 is 0. The summed E-state index contributed by atoms with van der Waals surface area (Å²) in [7, 11) is 5.24. The number of likely N-dealkylation sites (N-methyl/N-ethyl adjacent to an activating group) is 1. The fraction of sp³-hybridized carbons (Fsp3) is 0.545. The zero-order chi connectivity index (χ0) is 11.1. The molecule has 0 aliphatic rings. The van der Waals surface area contributed by atoms with Gasteiger partial charge < -0.3 is 14.8 Å². The van der Waals surface area contributed by atoms with Crippen LogP contribution >= 0.6 is 0 Å². The smallest absolute Gasteiger partial charge is 0.213 e. The van der Waals surface area contributed by atoms with E-state index in [1.54, 1.807) is 14.2 Å². The Morgan fingerprint density at radius 3 is 2.80 bits per heavy atom. The van der Waals surface area contributed by atoms with Gasteiger partial charge in [-0.1, -0.05) is 6.07 Å². The summed E-state index contributed by atoms with van der Waals surface area (Å²) in [4.78, 5) is 4.34. The molecule has 0 saturated carbocycles. The van der Waals surface area contributed by atoms with E-state index in [1.165, 1.54) is 0 Å². The van der Waals surface area contributed by atoms with Gasteiger partial charge in [-0.15, -0.1) is 0 Å². The van der Waals surface area contributed by atoms with E-state index in [4.69, 9.17) is 9.47 Å². The molecule has 4 nitrogen and oxygen atoms in total. The normalized spacial score (nSPS) is 12.5. The lowest BCUT2D eigenvalue weighted by atomic mass is 10.1. The highest BCUT2D eigenvalue weighted by atomic mass is 16.5. The number of rotatable bonds is 6. The molecule has 0 amide bonds. The molecule has 1 aromatic heterocycles. The van der Waals surface area contributed by atoms with Crippen molar-refractivity contribution in [2.75, 3.05) is 27.9 Å². The first kappa shape index (κ1) is 11.9. The van der Waals surface area contributed by atoms with Crippen molar-refractivity contribution in [3.63, 3.8) is 0 Å². The molecule has 0 aliphatic heterocycles. The molecule has 0 aromatic carbocycles. The van der Waals surface area contributed by atoms with Crippen LogP contribution in [0.4, 0.5) is 0 Å². The molecular weight excluding hydrogens is 192 g/mol. The van der Waals surface area contributed by atoms with Crippen molar-refractivity contribution < 1.29 is 9.47 Å². The van der Waals surface area contributed by atoms with Crippen molar-refractivity contribution in [2.24, 2.45) is 0 Å². The van der Waals surface area contributed by atoms with Gasteiger partial charge in [0.1, 0.15) is 0 Å². The van der Waals surface area contributed by atoms with Crippen molar-refractivity contribution in [1.29, 1.82) is 0 Å². The number of pyridine rings is 1. The summed E-state index contributed by atoms with van der Waals surface area (Å²) in [5.41, 5.74) is 1.01. The Labute approximate surface area is 90.6 Å². The summed E-state index contributed by atoms with van der Waals surface area (Å²) in [5.74, 6) is 0.653. The number of hydrogen-bond acceptors (Lipinski definition) is 4. The van der Waals surface area contributed by atoms with Crippen LogP contribution in [-0.4, -0.2) is 38.9 Å². The predicted octanol–water partition coefficient (Wildman–Crippen LogP) is 0.867. The largest absolute Gasteiger partial charge is 0.481 e. The first-order valence-corrected chi connectivity index (χ1v) is 4.96. The summed E-state index contributed by atoms with van der Waals surface area (Å²) < 4.78 is 10.2. The second-order valence-corrected chi connectivity index (χ2v) is 3.32. The lowest BCUT2D eigenvalue weighted by molar-refractivity contribution is 0.169. The fourth-order valence-electron chi connectivity index (χ4n) is 1.38. The second-order valence-electron chi connectivity index (χ2n) is 3.32. The van der Waals surface area contributed by atoms with Gasteiger partial charge in [-0.3, -0.25) is 0 Å². The van der Waals surface area contributed by atoms with Gasteiger partial charge in [-0.2, -0.15) is 0 Å². The average Bonchev–Trinajstić information content (AvgIpc) is 2.29. The van der Waals surface area contributed by atoms with Crippen LogP contribution in [0, 0.1) is 0 Å². The first-order chi connectivity index (χ1) is 7.30.